The highest BCUT2D eigenvalue weighted by molar-refractivity contribution is 9.10. The maximum atomic E-state index is 14.0. The molecular formula is C28H27BrN2O8S. The van der Waals surface area contributed by atoms with Gasteiger partial charge in [-0.05, 0) is 71.7 Å². The standard InChI is InChI=1S/C28H27BrN2O8S/c1-7-38-27(34)23-14(2)30-28-31(24(23)18-13-17(35-4)8-9-20(18)36-5)26(33)22(40-28)12-16-10-19(29)25(39-15(3)32)21(11-16)37-6/h8-13,24H,7H2,1-6H3/b22-12-/t24-/m0/s1. The summed E-state index contributed by atoms with van der Waals surface area (Å²) in [4.78, 5) is 43.7. The number of thiazole rings is 1. The number of ether oxygens (including phenoxy) is 5. The molecule has 1 aromatic heterocycles. The number of allylic oxidation sites excluding steroid dienone is 1. The average Bonchev–Trinajstić information content (AvgIpc) is 3.22. The maximum absolute atomic E-state index is 14.0. The Labute approximate surface area is 242 Å². The molecule has 0 N–H and O–H groups in total. The summed E-state index contributed by atoms with van der Waals surface area (Å²) in [5.41, 5.74) is 1.44. The van der Waals surface area contributed by atoms with E-state index in [1.807, 2.05) is 0 Å². The van der Waals surface area contributed by atoms with Gasteiger partial charge < -0.3 is 23.7 Å². The van der Waals surface area contributed by atoms with Gasteiger partial charge >= 0.3 is 11.9 Å². The number of methoxy groups -OCH3 is 3. The van der Waals surface area contributed by atoms with Crippen molar-refractivity contribution >= 4 is 45.3 Å². The Kier molecular flexibility index (Phi) is 8.79. The molecule has 3 aromatic rings. The summed E-state index contributed by atoms with van der Waals surface area (Å²) in [7, 11) is 4.50. The largest absolute Gasteiger partial charge is 0.497 e. The van der Waals surface area contributed by atoms with Gasteiger partial charge in [0, 0.05) is 12.5 Å². The molecule has 1 aliphatic heterocycles. The molecule has 210 valence electrons. The van der Waals surface area contributed by atoms with E-state index in [0.717, 1.165) is 0 Å². The van der Waals surface area contributed by atoms with Crippen molar-refractivity contribution in [2.75, 3.05) is 27.9 Å². The third-order valence-electron chi connectivity index (χ3n) is 6.04. The lowest BCUT2D eigenvalue weighted by atomic mass is 9.94. The van der Waals surface area contributed by atoms with Crippen molar-refractivity contribution in [2.24, 2.45) is 4.99 Å². The summed E-state index contributed by atoms with van der Waals surface area (Å²) in [6.45, 7) is 4.87. The molecule has 12 heteroatoms. The molecule has 0 bridgehead atoms. The number of carbonyl (C=O) groups excluding carboxylic acids is 2. The number of esters is 2. The molecule has 2 aromatic carbocycles. The summed E-state index contributed by atoms with van der Waals surface area (Å²) in [5, 5.41) is 0. The highest BCUT2D eigenvalue weighted by Crippen LogP contribution is 2.39. The quantitative estimate of drug-likeness (QED) is 0.274. The molecule has 4 rings (SSSR count). The fraction of sp³-hybridized carbons (Fsp3) is 0.286. The Morgan fingerprint density at radius 2 is 1.82 bits per heavy atom. The van der Waals surface area contributed by atoms with E-state index < -0.39 is 18.0 Å². The van der Waals surface area contributed by atoms with Crippen molar-refractivity contribution in [3.8, 4) is 23.0 Å². The Morgan fingerprint density at radius 3 is 2.45 bits per heavy atom. The van der Waals surface area contributed by atoms with E-state index in [-0.39, 0.29) is 23.5 Å². The molecule has 1 atom stereocenters. The van der Waals surface area contributed by atoms with E-state index in [4.69, 9.17) is 23.7 Å². The first-order chi connectivity index (χ1) is 19.1. The molecule has 2 heterocycles. The van der Waals surface area contributed by atoms with Crippen molar-refractivity contribution < 1.29 is 33.3 Å². The summed E-state index contributed by atoms with van der Waals surface area (Å²) in [6.07, 6.45) is 1.68. The molecule has 0 aliphatic carbocycles. The number of nitrogens with zero attached hydrogens (tertiary/aromatic N) is 2. The van der Waals surface area contributed by atoms with E-state index >= 15 is 0 Å². The number of rotatable bonds is 8. The fourth-order valence-corrected chi connectivity index (χ4v) is 5.94. The summed E-state index contributed by atoms with van der Waals surface area (Å²) in [6, 6.07) is 7.66. The second-order valence-electron chi connectivity index (χ2n) is 8.54. The van der Waals surface area contributed by atoms with Crippen molar-refractivity contribution in [1.29, 1.82) is 0 Å². The highest BCUT2D eigenvalue weighted by Gasteiger charge is 2.35. The van der Waals surface area contributed by atoms with Crippen molar-refractivity contribution in [3.05, 3.63) is 76.9 Å². The van der Waals surface area contributed by atoms with Crippen molar-refractivity contribution in [1.82, 2.24) is 4.57 Å². The molecular weight excluding hydrogens is 604 g/mol. The molecule has 0 saturated carbocycles. The first-order valence-electron chi connectivity index (χ1n) is 12.1. The molecule has 0 radical (unpaired) electrons. The summed E-state index contributed by atoms with van der Waals surface area (Å²) in [5.74, 6) is 0.451. The zero-order chi connectivity index (χ0) is 29.1. The minimum Gasteiger partial charge on any atom is -0.497 e. The van der Waals surface area contributed by atoms with E-state index in [1.54, 1.807) is 50.3 Å². The van der Waals surface area contributed by atoms with Crippen LogP contribution in [0.4, 0.5) is 0 Å². The number of hydrogen-bond acceptors (Lipinski definition) is 10. The third kappa shape index (κ3) is 5.54. The number of halogens is 1. The third-order valence-corrected chi connectivity index (χ3v) is 7.62. The predicted molar refractivity (Wildman–Crippen MR) is 152 cm³/mol. The van der Waals surface area contributed by atoms with Crippen LogP contribution in [-0.4, -0.2) is 44.4 Å². The van der Waals surface area contributed by atoms with Gasteiger partial charge in [-0.2, -0.15) is 0 Å². The van der Waals surface area contributed by atoms with Gasteiger partial charge in [0.05, 0.1) is 48.2 Å². The maximum Gasteiger partial charge on any atom is 0.338 e. The van der Waals surface area contributed by atoms with Crippen LogP contribution in [0.2, 0.25) is 0 Å². The van der Waals surface area contributed by atoms with Crippen LogP contribution >= 0.6 is 27.3 Å². The van der Waals surface area contributed by atoms with Gasteiger partial charge in [0.25, 0.3) is 5.56 Å². The van der Waals surface area contributed by atoms with Crippen LogP contribution in [0.15, 0.2) is 55.9 Å². The molecule has 0 saturated heterocycles. The lowest BCUT2D eigenvalue weighted by Gasteiger charge is -2.26. The van der Waals surface area contributed by atoms with E-state index in [0.29, 0.717) is 47.9 Å². The average molecular weight is 632 g/mol. The number of fused-ring (bicyclic) bond motifs is 1. The zero-order valence-corrected chi connectivity index (χ0v) is 25.1. The minimum absolute atomic E-state index is 0.155. The monoisotopic (exact) mass is 630 g/mol. The van der Waals surface area contributed by atoms with Gasteiger partial charge in [-0.25, -0.2) is 9.79 Å². The fourth-order valence-electron chi connectivity index (χ4n) is 4.36. The van der Waals surface area contributed by atoms with Gasteiger partial charge in [0.1, 0.15) is 17.5 Å². The van der Waals surface area contributed by atoms with Gasteiger partial charge in [0.15, 0.2) is 16.3 Å². The lowest BCUT2D eigenvalue weighted by molar-refractivity contribution is -0.139. The molecule has 0 amide bonds. The van der Waals surface area contributed by atoms with Crippen molar-refractivity contribution in [2.45, 2.75) is 26.8 Å². The Balaban J connectivity index is 1.98. The molecule has 0 unspecified atom stereocenters. The molecule has 40 heavy (non-hydrogen) atoms. The van der Waals surface area contributed by atoms with Crippen LogP contribution in [0, 0.1) is 0 Å². The number of carbonyl (C=O) groups is 2. The van der Waals surface area contributed by atoms with Gasteiger partial charge in [0.2, 0.25) is 0 Å². The zero-order valence-electron chi connectivity index (χ0n) is 22.7. The Hall–Kier alpha value is -3.90. The van der Waals surface area contributed by atoms with Gasteiger partial charge in [-0.3, -0.25) is 14.2 Å². The van der Waals surface area contributed by atoms with Crippen LogP contribution in [0.3, 0.4) is 0 Å². The van der Waals surface area contributed by atoms with Crippen LogP contribution in [0.1, 0.15) is 37.9 Å². The summed E-state index contributed by atoms with van der Waals surface area (Å²) < 4.78 is 29.4. The number of benzene rings is 2. The van der Waals surface area contributed by atoms with E-state index in [2.05, 4.69) is 20.9 Å². The first-order valence-corrected chi connectivity index (χ1v) is 13.7. The SMILES string of the molecule is CCOC(=O)C1=C(C)N=c2s/c(=C\c3cc(Br)c(OC(C)=O)c(OC)c3)c(=O)n2[C@H]1c1cc(OC)ccc1OC. The van der Waals surface area contributed by atoms with Crippen LogP contribution in [0.25, 0.3) is 6.08 Å². The Bertz CT molecular complexity index is 1710. The lowest BCUT2D eigenvalue weighted by Crippen LogP contribution is -2.40. The van der Waals surface area contributed by atoms with Crippen LogP contribution in [-0.2, 0) is 14.3 Å². The highest BCUT2D eigenvalue weighted by atomic mass is 79.9. The minimum atomic E-state index is -0.880. The van der Waals surface area contributed by atoms with Gasteiger partial charge in [-0.15, -0.1) is 0 Å². The van der Waals surface area contributed by atoms with E-state index in [9.17, 15) is 14.4 Å². The topological polar surface area (TPSA) is 115 Å². The predicted octanol–water partition coefficient (Wildman–Crippen LogP) is 3.51. The summed E-state index contributed by atoms with van der Waals surface area (Å²) >= 11 is 4.58. The number of hydrogen-bond donors (Lipinski definition) is 0. The van der Waals surface area contributed by atoms with Crippen LogP contribution in [0.5, 0.6) is 23.0 Å². The first kappa shape index (κ1) is 29.1. The second kappa shape index (κ2) is 12.1. The molecule has 1 aliphatic rings. The normalized spacial score (nSPS) is 14.8. The number of aromatic nitrogens is 1. The van der Waals surface area contributed by atoms with Crippen molar-refractivity contribution in [3.63, 3.8) is 0 Å². The molecule has 0 spiro atoms. The Morgan fingerprint density at radius 1 is 1.10 bits per heavy atom. The van der Waals surface area contributed by atoms with Crippen LogP contribution < -0.4 is 33.8 Å². The molecule has 0 fully saturated rings. The smallest absolute Gasteiger partial charge is 0.338 e. The van der Waals surface area contributed by atoms with E-state index in [1.165, 1.54) is 44.2 Å². The molecule has 10 nitrogen and oxygen atoms in total. The van der Waals surface area contributed by atoms with Gasteiger partial charge in [-0.1, -0.05) is 11.3 Å². The second-order valence-corrected chi connectivity index (χ2v) is 10.4.